The highest BCUT2D eigenvalue weighted by molar-refractivity contribution is 5.76. The average molecular weight is 458 g/mol. The molecule has 0 atom stereocenters. The Bertz CT molecular complexity index is 1050. The molecule has 1 aromatic carbocycles. The zero-order valence-corrected chi connectivity index (χ0v) is 21.4. The van der Waals surface area contributed by atoms with E-state index in [1.165, 1.54) is 16.7 Å². The highest BCUT2D eigenvalue weighted by Gasteiger charge is 2.17. The molecule has 0 saturated carbocycles. The van der Waals surface area contributed by atoms with E-state index in [2.05, 4.69) is 76.5 Å². The summed E-state index contributed by atoms with van der Waals surface area (Å²) in [5.41, 5.74) is 12.3. The molecule has 5 nitrogen and oxygen atoms in total. The van der Waals surface area contributed by atoms with Crippen LogP contribution in [0.5, 0.6) is 0 Å². The van der Waals surface area contributed by atoms with Crippen LogP contribution in [-0.2, 0) is 6.42 Å². The van der Waals surface area contributed by atoms with E-state index in [9.17, 15) is 0 Å². The molecule has 0 aliphatic heterocycles. The van der Waals surface area contributed by atoms with Gasteiger partial charge in [0.2, 0.25) is 0 Å². The van der Waals surface area contributed by atoms with Crippen molar-refractivity contribution in [3.63, 3.8) is 0 Å². The van der Waals surface area contributed by atoms with Gasteiger partial charge in [-0.3, -0.25) is 9.98 Å². The fourth-order valence-corrected chi connectivity index (χ4v) is 3.85. The molecule has 2 rings (SSSR count). The standard InChI is InChI=1S/C29H39N5/c1-8-11-24(15-14-23(4)33-34(6)7)21-32-29(28(30-5)12-10-19-31-9-2)26-17-18-27-22(3)13-16-25(27)20-26/h8-11,14-15,17-20,32-33H,3,5,12-13,16,21H2,1-2,4,6-7H3/b11-8-,19-10-,23-14+,24-15+,29-28-,31-9?. The van der Waals surface area contributed by atoms with Crippen molar-refractivity contribution < 1.29 is 0 Å². The Morgan fingerprint density at radius 2 is 1.97 bits per heavy atom. The molecule has 1 aromatic rings. The molecule has 0 radical (unpaired) electrons. The van der Waals surface area contributed by atoms with Gasteiger partial charge < -0.3 is 10.7 Å². The van der Waals surface area contributed by atoms with E-state index < -0.39 is 0 Å². The molecule has 1 aliphatic carbocycles. The molecule has 0 fully saturated rings. The third-order valence-electron chi connectivity index (χ3n) is 5.40. The van der Waals surface area contributed by atoms with Gasteiger partial charge in [0.1, 0.15) is 0 Å². The summed E-state index contributed by atoms with van der Waals surface area (Å²) in [5.74, 6) is 0. The quantitative estimate of drug-likeness (QED) is 0.227. The second kappa shape index (κ2) is 14.0. The van der Waals surface area contributed by atoms with Gasteiger partial charge in [0.15, 0.2) is 0 Å². The SMILES string of the molecule is C=N/C(C/C=C\N=CC)=C(\NCC(/C=C\C)=C/C=C(\C)NN(C)C)c1ccc2c(c1)CCC2=C. The molecule has 34 heavy (non-hydrogen) atoms. The van der Waals surface area contributed by atoms with Crippen LogP contribution in [0.2, 0.25) is 0 Å². The van der Waals surface area contributed by atoms with Crippen molar-refractivity contribution >= 4 is 24.2 Å². The maximum atomic E-state index is 4.38. The number of nitrogens with one attached hydrogen (secondary N) is 2. The molecule has 5 heteroatoms. The first-order valence-electron chi connectivity index (χ1n) is 11.7. The molecule has 0 spiro atoms. The van der Waals surface area contributed by atoms with E-state index in [-0.39, 0.29) is 0 Å². The lowest BCUT2D eigenvalue weighted by atomic mass is 10.0. The fraction of sp³-hybridized carbons (Fsp3) is 0.310. The summed E-state index contributed by atoms with van der Waals surface area (Å²) in [5, 5.41) is 5.58. The maximum absolute atomic E-state index is 4.38. The molecule has 0 saturated heterocycles. The molecule has 0 aromatic heterocycles. The van der Waals surface area contributed by atoms with Gasteiger partial charge in [-0.25, -0.2) is 5.01 Å². The van der Waals surface area contributed by atoms with Crippen LogP contribution >= 0.6 is 0 Å². The predicted octanol–water partition coefficient (Wildman–Crippen LogP) is 6.07. The highest BCUT2D eigenvalue weighted by atomic mass is 15.5. The third-order valence-corrected chi connectivity index (χ3v) is 5.40. The van der Waals surface area contributed by atoms with E-state index in [0.717, 1.165) is 41.1 Å². The Hall–Kier alpha value is -3.44. The van der Waals surface area contributed by atoms with Crippen molar-refractivity contribution in [2.24, 2.45) is 9.98 Å². The summed E-state index contributed by atoms with van der Waals surface area (Å²) in [6.07, 6.45) is 16.6. The zero-order valence-electron chi connectivity index (χ0n) is 21.4. The first-order valence-corrected chi connectivity index (χ1v) is 11.7. The van der Waals surface area contributed by atoms with Crippen molar-refractivity contribution in [2.45, 2.75) is 40.0 Å². The monoisotopic (exact) mass is 457 g/mol. The van der Waals surface area contributed by atoms with E-state index in [1.807, 2.05) is 46.0 Å². The second-order valence-corrected chi connectivity index (χ2v) is 8.40. The van der Waals surface area contributed by atoms with Gasteiger partial charge in [-0.2, -0.15) is 0 Å². The number of allylic oxidation sites excluding steroid dienone is 6. The number of nitrogens with zero attached hydrogens (tertiary/aromatic N) is 3. The van der Waals surface area contributed by atoms with Gasteiger partial charge in [0, 0.05) is 45.2 Å². The Labute approximate surface area is 205 Å². The highest BCUT2D eigenvalue weighted by Crippen LogP contribution is 2.33. The Morgan fingerprint density at radius 3 is 2.65 bits per heavy atom. The minimum Gasteiger partial charge on any atom is -0.379 e. The molecule has 0 heterocycles. The number of aliphatic imine (C=N–C) groups is 2. The van der Waals surface area contributed by atoms with Gasteiger partial charge in [-0.05, 0) is 80.3 Å². The topological polar surface area (TPSA) is 52.0 Å². The lowest BCUT2D eigenvalue weighted by Gasteiger charge is -2.17. The van der Waals surface area contributed by atoms with Crippen LogP contribution in [0.3, 0.4) is 0 Å². The average Bonchev–Trinajstić information content (AvgIpc) is 3.18. The molecule has 0 unspecified atom stereocenters. The van der Waals surface area contributed by atoms with Gasteiger partial charge in [0.25, 0.3) is 0 Å². The first kappa shape index (κ1) is 26.8. The first-order chi connectivity index (χ1) is 16.4. The normalized spacial score (nSPS) is 15.5. The number of fused-ring (bicyclic) bond motifs is 1. The van der Waals surface area contributed by atoms with Crippen molar-refractivity contribution in [2.75, 3.05) is 20.6 Å². The van der Waals surface area contributed by atoms with Gasteiger partial charge >= 0.3 is 0 Å². The van der Waals surface area contributed by atoms with Crippen molar-refractivity contribution in [3.05, 3.63) is 95.0 Å². The molecular formula is C29H39N5. The van der Waals surface area contributed by atoms with Crippen LogP contribution in [0.1, 0.15) is 50.3 Å². The lowest BCUT2D eigenvalue weighted by Crippen LogP contribution is -2.28. The third kappa shape index (κ3) is 8.16. The number of hydrogen-bond acceptors (Lipinski definition) is 5. The Morgan fingerprint density at radius 1 is 1.18 bits per heavy atom. The van der Waals surface area contributed by atoms with Crippen LogP contribution < -0.4 is 10.7 Å². The number of hydrazine groups is 1. The smallest absolute Gasteiger partial charge is 0.0671 e. The molecule has 0 bridgehead atoms. The number of aryl methyl sites for hydroxylation is 1. The van der Waals surface area contributed by atoms with Crippen molar-refractivity contribution in [1.29, 1.82) is 0 Å². The Balaban J connectivity index is 2.40. The number of hydrogen-bond donors (Lipinski definition) is 2. The summed E-state index contributed by atoms with van der Waals surface area (Å²) in [7, 11) is 3.95. The van der Waals surface area contributed by atoms with Crippen LogP contribution in [-0.4, -0.2) is 38.6 Å². The largest absolute Gasteiger partial charge is 0.379 e. The second-order valence-electron chi connectivity index (χ2n) is 8.40. The fourth-order valence-electron chi connectivity index (χ4n) is 3.85. The maximum Gasteiger partial charge on any atom is 0.0671 e. The van der Waals surface area contributed by atoms with E-state index in [4.69, 9.17) is 0 Å². The lowest BCUT2D eigenvalue weighted by molar-refractivity contribution is 0.328. The predicted molar refractivity (Wildman–Crippen MR) is 150 cm³/mol. The van der Waals surface area contributed by atoms with Gasteiger partial charge in [0.05, 0.1) is 11.4 Å². The molecule has 2 N–H and O–H groups in total. The van der Waals surface area contributed by atoms with Gasteiger partial charge in [-0.1, -0.05) is 43.0 Å². The summed E-state index contributed by atoms with van der Waals surface area (Å²) in [4.78, 5) is 8.55. The number of rotatable bonds is 12. The summed E-state index contributed by atoms with van der Waals surface area (Å²) >= 11 is 0. The minimum atomic E-state index is 0.640. The van der Waals surface area contributed by atoms with Crippen molar-refractivity contribution in [1.82, 2.24) is 15.8 Å². The molecule has 1 aliphatic rings. The van der Waals surface area contributed by atoms with Gasteiger partial charge in [-0.15, -0.1) is 0 Å². The zero-order chi connectivity index (χ0) is 24.9. The molecule has 0 amide bonds. The van der Waals surface area contributed by atoms with Crippen LogP contribution in [0.25, 0.3) is 11.3 Å². The Kier molecular flexibility index (Phi) is 11.0. The van der Waals surface area contributed by atoms with Crippen molar-refractivity contribution in [3.8, 4) is 0 Å². The molecular weight excluding hydrogens is 418 g/mol. The van der Waals surface area contributed by atoms with E-state index >= 15 is 0 Å². The van der Waals surface area contributed by atoms with Crippen LogP contribution in [0, 0.1) is 0 Å². The van der Waals surface area contributed by atoms with Crippen LogP contribution in [0.15, 0.2) is 88.3 Å². The summed E-state index contributed by atoms with van der Waals surface area (Å²) < 4.78 is 0. The van der Waals surface area contributed by atoms with E-state index in [0.29, 0.717) is 13.0 Å². The summed E-state index contributed by atoms with van der Waals surface area (Å²) in [6.45, 7) is 14.7. The minimum absolute atomic E-state index is 0.640. The molecule has 180 valence electrons. The number of benzene rings is 1. The van der Waals surface area contributed by atoms with Crippen LogP contribution in [0.4, 0.5) is 0 Å². The summed E-state index contributed by atoms with van der Waals surface area (Å²) in [6, 6.07) is 6.60. The van der Waals surface area contributed by atoms with E-state index in [1.54, 1.807) is 12.4 Å².